The molecule has 1 aliphatic heterocycles. The van der Waals surface area contributed by atoms with E-state index >= 15 is 0 Å². The number of pyridine rings is 2. The third kappa shape index (κ3) is 3.94. The first-order valence-electron chi connectivity index (χ1n) is 11.2. The first-order chi connectivity index (χ1) is 16.8. The number of ether oxygens (including phenoxy) is 1. The van der Waals surface area contributed by atoms with Gasteiger partial charge in [-0.15, -0.1) is 0 Å². The van der Waals surface area contributed by atoms with Gasteiger partial charge in [0, 0.05) is 31.7 Å². The minimum atomic E-state index is -3.48. The second-order valence-corrected chi connectivity index (χ2v) is 10.9. The molecule has 35 heavy (non-hydrogen) atoms. The summed E-state index contributed by atoms with van der Waals surface area (Å²) in [6.07, 6.45) is 2.47. The fourth-order valence-corrected chi connectivity index (χ4v) is 6.37. The summed E-state index contributed by atoms with van der Waals surface area (Å²) in [7, 11) is -1.95. The Morgan fingerprint density at radius 1 is 1.31 bits per heavy atom. The van der Waals surface area contributed by atoms with Crippen molar-refractivity contribution in [2.45, 2.75) is 36.7 Å². The molecular formula is C24H23N5O5S. The Labute approximate surface area is 201 Å². The van der Waals surface area contributed by atoms with Gasteiger partial charge in [0.05, 0.1) is 11.6 Å². The molecule has 2 fully saturated rings. The van der Waals surface area contributed by atoms with E-state index < -0.39 is 32.3 Å². The Hall–Kier alpha value is -3.75. The van der Waals surface area contributed by atoms with Crippen molar-refractivity contribution in [1.82, 2.24) is 19.6 Å². The fourth-order valence-electron chi connectivity index (χ4n) is 4.54. The van der Waals surface area contributed by atoms with Crippen molar-refractivity contribution in [3.63, 3.8) is 0 Å². The summed E-state index contributed by atoms with van der Waals surface area (Å²) >= 11 is 0. The van der Waals surface area contributed by atoms with Crippen LogP contribution in [0.15, 0.2) is 47.4 Å². The van der Waals surface area contributed by atoms with E-state index in [1.54, 1.807) is 30.3 Å². The van der Waals surface area contributed by atoms with Gasteiger partial charge < -0.3 is 14.6 Å². The second kappa shape index (κ2) is 8.48. The summed E-state index contributed by atoms with van der Waals surface area (Å²) in [5, 5.41) is 12.2. The standard InChI is InChI=1S/C24H23N5O5S/c1-29-20-17(6-10-26-22(20)34-19-7-11-28-35(32,33)24(19)8-9-24)12-18(23(29)31)21(30)27-14-16-4-2-15(13-25)3-5-16/h2-6,10,12,19,28H,7-9,11,14H2,1H3,(H,27,30)/t19-/m1/s1. The van der Waals surface area contributed by atoms with E-state index in [-0.39, 0.29) is 24.5 Å². The number of nitrogens with one attached hydrogen (secondary N) is 2. The molecule has 1 saturated heterocycles. The number of aromatic nitrogens is 2. The molecule has 11 heteroatoms. The van der Waals surface area contributed by atoms with E-state index in [1.807, 2.05) is 6.07 Å². The summed E-state index contributed by atoms with van der Waals surface area (Å²) in [5.41, 5.74) is 1.15. The van der Waals surface area contributed by atoms with E-state index in [9.17, 15) is 18.0 Å². The van der Waals surface area contributed by atoms with Gasteiger partial charge in [-0.1, -0.05) is 12.1 Å². The van der Waals surface area contributed by atoms with Crippen LogP contribution in [0.2, 0.25) is 0 Å². The molecule has 1 amide bonds. The van der Waals surface area contributed by atoms with Gasteiger partial charge >= 0.3 is 0 Å². The molecule has 1 atom stereocenters. The van der Waals surface area contributed by atoms with E-state index in [0.29, 0.717) is 35.7 Å². The van der Waals surface area contributed by atoms with Gasteiger partial charge in [-0.2, -0.15) is 5.26 Å². The van der Waals surface area contributed by atoms with Crippen LogP contribution in [0.1, 0.15) is 40.7 Å². The Bertz CT molecular complexity index is 1540. The van der Waals surface area contributed by atoms with Crippen LogP contribution in [0.3, 0.4) is 0 Å². The zero-order valence-corrected chi connectivity index (χ0v) is 19.8. The third-order valence-electron chi connectivity index (χ3n) is 6.69. The minimum Gasteiger partial charge on any atom is -0.471 e. The van der Waals surface area contributed by atoms with Crippen LogP contribution in [-0.2, 0) is 23.6 Å². The monoisotopic (exact) mass is 493 g/mol. The molecule has 10 nitrogen and oxygen atoms in total. The lowest BCUT2D eigenvalue weighted by atomic mass is 10.1. The predicted molar refractivity (Wildman–Crippen MR) is 127 cm³/mol. The fraction of sp³-hybridized carbons (Fsp3) is 0.333. The predicted octanol–water partition coefficient (Wildman–Crippen LogP) is 1.34. The highest BCUT2D eigenvalue weighted by atomic mass is 32.2. The summed E-state index contributed by atoms with van der Waals surface area (Å²) in [6.45, 7) is 0.477. The van der Waals surface area contributed by atoms with Crippen molar-refractivity contribution < 1.29 is 17.9 Å². The molecule has 1 spiro atoms. The van der Waals surface area contributed by atoms with E-state index in [2.05, 4.69) is 15.0 Å². The largest absolute Gasteiger partial charge is 0.471 e. The Balaban J connectivity index is 1.42. The minimum absolute atomic E-state index is 0.0334. The number of hydrogen-bond acceptors (Lipinski definition) is 7. The maximum absolute atomic E-state index is 13.1. The molecule has 3 heterocycles. The molecular weight excluding hydrogens is 470 g/mol. The average Bonchev–Trinajstić information content (AvgIpc) is 3.66. The smallest absolute Gasteiger partial charge is 0.263 e. The number of aryl methyl sites for hydroxylation is 1. The van der Waals surface area contributed by atoms with Gasteiger partial charge in [0.2, 0.25) is 15.9 Å². The van der Waals surface area contributed by atoms with Gasteiger partial charge in [0.1, 0.15) is 21.9 Å². The van der Waals surface area contributed by atoms with Crippen LogP contribution < -0.4 is 20.3 Å². The van der Waals surface area contributed by atoms with Crippen molar-refractivity contribution in [3.05, 3.63) is 69.6 Å². The number of fused-ring (bicyclic) bond motifs is 1. The van der Waals surface area contributed by atoms with Crippen LogP contribution in [0, 0.1) is 11.3 Å². The molecule has 2 aromatic heterocycles. The maximum Gasteiger partial charge on any atom is 0.263 e. The number of hydrogen-bond donors (Lipinski definition) is 2. The van der Waals surface area contributed by atoms with Gasteiger partial charge in [0.15, 0.2) is 0 Å². The lowest BCUT2D eigenvalue weighted by Gasteiger charge is -2.32. The number of nitriles is 1. The first kappa shape index (κ1) is 23.0. The lowest BCUT2D eigenvalue weighted by Crippen LogP contribution is -2.52. The van der Waals surface area contributed by atoms with E-state index in [0.717, 1.165) is 5.56 Å². The van der Waals surface area contributed by atoms with Crippen molar-refractivity contribution in [1.29, 1.82) is 5.26 Å². The van der Waals surface area contributed by atoms with Crippen molar-refractivity contribution in [2.75, 3.05) is 6.54 Å². The number of sulfonamides is 1. The molecule has 0 radical (unpaired) electrons. The third-order valence-corrected chi connectivity index (χ3v) is 9.02. The molecule has 180 valence electrons. The highest BCUT2D eigenvalue weighted by molar-refractivity contribution is 7.91. The number of carbonyl (C=O) groups excluding carboxylic acids is 1. The number of rotatable bonds is 5. The van der Waals surface area contributed by atoms with Crippen molar-refractivity contribution in [3.8, 4) is 11.9 Å². The first-order valence-corrected chi connectivity index (χ1v) is 12.7. The molecule has 1 aliphatic carbocycles. The summed E-state index contributed by atoms with van der Waals surface area (Å²) in [4.78, 5) is 30.2. The Morgan fingerprint density at radius 3 is 2.74 bits per heavy atom. The number of benzene rings is 1. The molecule has 1 aromatic carbocycles. The highest BCUT2D eigenvalue weighted by Gasteiger charge is 2.63. The average molecular weight is 494 g/mol. The van der Waals surface area contributed by atoms with Gasteiger partial charge in [-0.25, -0.2) is 18.1 Å². The Kier molecular flexibility index (Phi) is 5.57. The van der Waals surface area contributed by atoms with Crippen LogP contribution in [0.5, 0.6) is 5.88 Å². The normalized spacial score (nSPS) is 19.7. The SMILES string of the molecule is Cn1c(=O)c(C(=O)NCc2ccc(C#N)cc2)cc2ccnc(O[C@@H]3CCNS(=O)(=O)C34CC4)c21. The molecule has 2 aliphatic rings. The zero-order valence-electron chi connectivity index (χ0n) is 18.9. The molecule has 0 bridgehead atoms. The van der Waals surface area contributed by atoms with Crippen LogP contribution >= 0.6 is 0 Å². The van der Waals surface area contributed by atoms with Crippen molar-refractivity contribution >= 4 is 26.8 Å². The molecule has 0 unspecified atom stereocenters. The van der Waals surface area contributed by atoms with Crippen molar-refractivity contribution in [2.24, 2.45) is 7.05 Å². The number of carbonyl (C=O) groups is 1. The lowest BCUT2D eigenvalue weighted by molar-refractivity contribution is 0.0949. The quantitative estimate of drug-likeness (QED) is 0.546. The number of amides is 1. The van der Waals surface area contributed by atoms with E-state index in [1.165, 1.54) is 23.9 Å². The molecule has 1 saturated carbocycles. The summed E-state index contributed by atoms with van der Waals surface area (Å²) in [5.74, 6) is -0.363. The molecule has 5 rings (SSSR count). The zero-order chi connectivity index (χ0) is 24.8. The topological polar surface area (TPSA) is 143 Å². The van der Waals surface area contributed by atoms with Gasteiger partial charge in [0.25, 0.3) is 11.5 Å². The van der Waals surface area contributed by atoms with Crippen LogP contribution in [-0.4, -0.2) is 41.3 Å². The number of nitrogens with zero attached hydrogens (tertiary/aromatic N) is 3. The van der Waals surface area contributed by atoms with Gasteiger partial charge in [-0.3, -0.25) is 9.59 Å². The van der Waals surface area contributed by atoms with Crippen LogP contribution in [0.25, 0.3) is 10.9 Å². The second-order valence-electron chi connectivity index (χ2n) is 8.83. The van der Waals surface area contributed by atoms with E-state index in [4.69, 9.17) is 10.00 Å². The maximum atomic E-state index is 13.1. The molecule has 2 N–H and O–H groups in total. The Morgan fingerprint density at radius 2 is 2.06 bits per heavy atom. The molecule has 3 aromatic rings. The summed E-state index contributed by atoms with van der Waals surface area (Å²) < 4.78 is 34.2. The highest BCUT2D eigenvalue weighted by Crippen LogP contribution is 2.50. The summed E-state index contributed by atoms with van der Waals surface area (Å²) in [6, 6.07) is 12.0. The van der Waals surface area contributed by atoms with Gasteiger partial charge in [-0.05, 0) is 49.1 Å². The van der Waals surface area contributed by atoms with Crippen LogP contribution in [0.4, 0.5) is 0 Å².